The maximum Gasteiger partial charge on any atom is 0.426 e. The first-order valence-electron chi connectivity index (χ1n) is 7.11. The van der Waals surface area contributed by atoms with Crippen LogP contribution in [-0.4, -0.2) is 40.6 Å². The van der Waals surface area contributed by atoms with Crippen LogP contribution in [0, 0.1) is 11.8 Å². The Bertz CT molecular complexity index is 237. The first-order chi connectivity index (χ1) is 8.25. The van der Waals surface area contributed by atoms with Crippen molar-refractivity contribution in [2.45, 2.75) is 45.1 Å². The van der Waals surface area contributed by atoms with E-state index in [1.807, 2.05) is 14.2 Å². The van der Waals surface area contributed by atoms with Gasteiger partial charge in [-0.25, -0.2) is 0 Å². The van der Waals surface area contributed by atoms with Gasteiger partial charge in [-0.15, -0.1) is 0 Å². The van der Waals surface area contributed by atoms with Crippen LogP contribution >= 0.6 is 0 Å². The average Bonchev–Trinajstić information content (AvgIpc) is 2.41. The molecule has 1 aliphatic heterocycles. The summed E-state index contributed by atoms with van der Waals surface area (Å²) in [4.78, 5) is 0. The van der Waals surface area contributed by atoms with Crippen molar-refractivity contribution in [2.75, 3.05) is 27.3 Å². The van der Waals surface area contributed by atoms with Crippen LogP contribution in [0.1, 0.15) is 39.0 Å². The maximum absolute atomic E-state index is 5.80. The molecular formula is C13H27NO2Si. The third-order valence-corrected chi connectivity index (χ3v) is 8.40. The molecule has 2 fully saturated rings. The van der Waals surface area contributed by atoms with E-state index in [0.717, 1.165) is 17.9 Å². The van der Waals surface area contributed by atoms with Gasteiger partial charge in [-0.2, -0.15) is 0 Å². The molecule has 2 atom stereocenters. The van der Waals surface area contributed by atoms with E-state index in [-0.39, 0.29) is 0 Å². The Kier molecular flexibility index (Phi) is 4.63. The highest BCUT2D eigenvalue weighted by atomic mass is 28.4. The van der Waals surface area contributed by atoms with Crippen LogP contribution in [0.5, 0.6) is 0 Å². The quantitative estimate of drug-likeness (QED) is 0.723. The van der Waals surface area contributed by atoms with Crippen molar-refractivity contribution in [1.29, 1.82) is 0 Å². The van der Waals surface area contributed by atoms with Gasteiger partial charge >= 0.3 is 8.72 Å². The van der Waals surface area contributed by atoms with Gasteiger partial charge in [-0.1, -0.05) is 26.2 Å². The fraction of sp³-hybridized carbons (Fsp3) is 1.00. The van der Waals surface area contributed by atoms with Crippen molar-refractivity contribution >= 4 is 8.72 Å². The highest BCUT2D eigenvalue weighted by molar-refractivity contribution is 6.64. The Morgan fingerprint density at radius 3 is 2.29 bits per heavy atom. The summed E-state index contributed by atoms with van der Waals surface area (Å²) in [5.41, 5.74) is 0. The lowest BCUT2D eigenvalue weighted by atomic mass is 9.76. The molecule has 3 nitrogen and oxygen atoms in total. The summed E-state index contributed by atoms with van der Waals surface area (Å²) < 4.78 is 14.2. The SMILES string of the molecule is CC[Si](OC)(OC)N1CCC2CCCCC2C1. The normalized spacial score (nSPS) is 31.2. The fourth-order valence-corrected chi connectivity index (χ4v) is 6.45. The minimum Gasteiger partial charge on any atom is -0.386 e. The van der Waals surface area contributed by atoms with E-state index in [1.54, 1.807) is 0 Å². The molecular weight excluding hydrogens is 230 g/mol. The second-order valence-electron chi connectivity index (χ2n) is 5.51. The van der Waals surface area contributed by atoms with E-state index in [9.17, 15) is 0 Å². The smallest absolute Gasteiger partial charge is 0.386 e. The lowest BCUT2D eigenvalue weighted by molar-refractivity contribution is 0.0809. The zero-order valence-corrected chi connectivity index (χ0v) is 12.6. The van der Waals surface area contributed by atoms with Gasteiger partial charge in [-0.05, 0) is 37.8 Å². The van der Waals surface area contributed by atoms with Crippen LogP contribution in [0.15, 0.2) is 0 Å². The van der Waals surface area contributed by atoms with Crippen molar-refractivity contribution in [3.05, 3.63) is 0 Å². The molecule has 17 heavy (non-hydrogen) atoms. The molecule has 1 saturated heterocycles. The minimum absolute atomic E-state index is 0.904. The molecule has 0 radical (unpaired) electrons. The van der Waals surface area contributed by atoms with E-state index in [4.69, 9.17) is 8.85 Å². The molecule has 1 aliphatic carbocycles. The second kappa shape index (κ2) is 5.82. The van der Waals surface area contributed by atoms with Gasteiger partial charge in [0.15, 0.2) is 0 Å². The van der Waals surface area contributed by atoms with Crippen molar-refractivity contribution in [1.82, 2.24) is 4.57 Å². The summed E-state index contributed by atoms with van der Waals surface area (Å²) in [6, 6.07) is 1.03. The van der Waals surface area contributed by atoms with Crippen molar-refractivity contribution < 1.29 is 8.85 Å². The first kappa shape index (κ1) is 13.5. The molecule has 1 heterocycles. The van der Waals surface area contributed by atoms with Gasteiger partial charge in [0.2, 0.25) is 0 Å². The lowest BCUT2D eigenvalue weighted by Crippen LogP contribution is -2.61. The Balaban J connectivity index is 2.02. The summed E-state index contributed by atoms with van der Waals surface area (Å²) in [6.45, 7) is 4.60. The molecule has 0 aromatic carbocycles. The number of rotatable bonds is 4. The largest absolute Gasteiger partial charge is 0.426 e. The Labute approximate surface area is 107 Å². The topological polar surface area (TPSA) is 21.7 Å². The second-order valence-corrected chi connectivity index (χ2v) is 9.10. The number of piperidine rings is 1. The summed E-state index contributed by atoms with van der Waals surface area (Å²) in [6.07, 6.45) is 7.11. The Morgan fingerprint density at radius 1 is 1.06 bits per heavy atom. The van der Waals surface area contributed by atoms with E-state index >= 15 is 0 Å². The van der Waals surface area contributed by atoms with Crippen LogP contribution in [0.4, 0.5) is 0 Å². The molecule has 0 amide bonds. The molecule has 0 aromatic heterocycles. The lowest BCUT2D eigenvalue weighted by Gasteiger charge is -2.46. The standard InChI is InChI=1S/C13H27NO2Si/c1-4-17(15-2,16-3)14-10-9-12-7-5-6-8-13(12)11-14/h12-13H,4-11H2,1-3H3. The van der Waals surface area contributed by atoms with Crippen molar-refractivity contribution in [2.24, 2.45) is 11.8 Å². The minimum atomic E-state index is -2.06. The molecule has 0 spiro atoms. The van der Waals surface area contributed by atoms with Gasteiger partial charge in [0.1, 0.15) is 0 Å². The number of fused-ring (bicyclic) bond motifs is 1. The number of nitrogens with zero attached hydrogens (tertiary/aromatic N) is 1. The van der Waals surface area contributed by atoms with Crippen molar-refractivity contribution in [3.8, 4) is 0 Å². The Hall–Kier alpha value is 0.0969. The predicted molar refractivity (Wildman–Crippen MR) is 71.9 cm³/mol. The van der Waals surface area contributed by atoms with Crippen LogP contribution in [0.2, 0.25) is 6.04 Å². The molecule has 1 saturated carbocycles. The molecule has 100 valence electrons. The number of hydrogen-bond acceptors (Lipinski definition) is 3. The third-order valence-electron chi connectivity index (χ3n) is 4.86. The third kappa shape index (κ3) is 2.60. The van der Waals surface area contributed by atoms with Crippen LogP contribution < -0.4 is 0 Å². The van der Waals surface area contributed by atoms with Gasteiger partial charge in [0, 0.05) is 20.3 Å². The molecule has 4 heteroatoms. The highest BCUT2D eigenvalue weighted by Gasteiger charge is 2.45. The monoisotopic (exact) mass is 257 g/mol. The van der Waals surface area contributed by atoms with E-state index < -0.39 is 8.72 Å². The summed E-state index contributed by atoms with van der Waals surface area (Å²) >= 11 is 0. The summed E-state index contributed by atoms with van der Waals surface area (Å²) in [5, 5.41) is 0. The average molecular weight is 257 g/mol. The van der Waals surface area contributed by atoms with E-state index in [0.29, 0.717) is 0 Å². The molecule has 0 aromatic rings. The van der Waals surface area contributed by atoms with Gasteiger partial charge in [0.25, 0.3) is 0 Å². The summed E-state index contributed by atoms with van der Waals surface area (Å²) in [5.74, 6) is 1.89. The molecule has 2 rings (SSSR count). The highest BCUT2D eigenvalue weighted by Crippen LogP contribution is 2.38. The molecule has 2 aliphatic rings. The van der Waals surface area contributed by atoms with E-state index in [1.165, 1.54) is 45.2 Å². The van der Waals surface area contributed by atoms with Crippen LogP contribution in [0.25, 0.3) is 0 Å². The van der Waals surface area contributed by atoms with Crippen LogP contribution in [0.3, 0.4) is 0 Å². The maximum atomic E-state index is 5.80. The number of hydrogen-bond donors (Lipinski definition) is 0. The van der Waals surface area contributed by atoms with Gasteiger partial charge in [0.05, 0.1) is 0 Å². The van der Waals surface area contributed by atoms with Gasteiger partial charge in [-0.3, -0.25) is 4.57 Å². The van der Waals surface area contributed by atoms with Gasteiger partial charge < -0.3 is 8.85 Å². The fourth-order valence-electron chi connectivity index (χ4n) is 3.76. The molecule has 0 bridgehead atoms. The van der Waals surface area contributed by atoms with Crippen molar-refractivity contribution in [3.63, 3.8) is 0 Å². The molecule has 0 N–H and O–H groups in total. The first-order valence-corrected chi connectivity index (χ1v) is 9.08. The summed E-state index contributed by atoms with van der Waals surface area (Å²) in [7, 11) is 1.59. The van der Waals surface area contributed by atoms with Crippen LogP contribution in [-0.2, 0) is 8.85 Å². The Morgan fingerprint density at radius 2 is 1.71 bits per heavy atom. The zero-order chi connectivity index (χ0) is 12.3. The zero-order valence-electron chi connectivity index (χ0n) is 11.6. The molecule has 2 unspecified atom stereocenters. The van der Waals surface area contributed by atoms with E-state index in [2.05, 4.69) is 11.5 Å². The predicted octanol–water partition coefficient (Wildman–Crippen LogP) is 2.75.